The van der Waals surface area contributed by atoms with Gasteiger partial charge < -0.3 is 4.90 Å². The Bertz CT molecular complexity index is 1050. The van der Waals surface area contributed by atoms with Crippen LogP contribution in [-0.2, 0) is 6.54 Å². The predicted molar refractivity (Wildman–Crippen MR) is 110 cm³/mol. The molecule has 1 aliphatic heterocycles. The minimum atomic E-state index is 0.896. The van der Waals surface area contributed by atoms with Crippen molar-refractivity contribution in [1.29, 1.82) is 0 Å². The molecular formula is C22H22N6. The molecule has 140 valence electrons. The SMILES string of the molecule is c1ccc(-c2cnn3cc(CN4CCN(c5ccncc5)CC4)cnc23)cc1. The Morgan fingerprint density at radius 1 is 0.857 bits per heavy atom. The average molecular weight is 370 g/mol. The van der Waals surface area contributed by atoms with Crippen LogP contribution in [0.1, 0.15) is 5.56 Å². The topological polar surface area (TPSA) is 49.6 Å². The van der Waals surface area contributed by atoms with E-state index in [0.717, 1.165) is 49.5 Å². The second kappa shape index (κ2) is 7.40. The number of fused-ring (bicyclic) bond motifs is 1. The van der Waals surface area contributed by atoms with E-state index < -0.39 is 0 Å². The lowest BCUT2D eigenvalue weighted by Gasteiger charge is -2.36. The van der Waals surface area contributed by atoms with E-state index in [1.54, 1.807) is 0 Å². The van der Waals surface area contributed by atoms with Gasteiger partial charge in [-0.25, -0.2) is 9.50 Å². The number of piperazine rings is 1. The molecule has 1 aliphatic rings. The Balaban J connectivity index is 1.28. The van der Waals surface area contributed by atoms with Crippen LogP contribution >= 0.6 is 0 Å². The van der Waals surface area contributed by atoms with Gasteiger partial charge in [0.05, 0.1) is 6.20 Å². The molecule has 0 radical (unpaired) electrons. The molecular weight excluding hydrogens is 348 g/mol. The summed E-state index contributed by atoms with van der Waals surface area (Å²) in [7, 11) is 0. The van der Waals surface area contributed by atoms with Crippen molar-refractivity contribution in [2.75, 3.05) is 31.1 Å². The van der Waals surface area contributed by atoms with Gasteiger partial charge in [-0.15, -0.1) is 0 Å². The summed E-state index contributed by atoms with van der Waals surface area (Å²) < 4.78 is 1.89. The molecule has 0 bridgehead atoms. The predicted octanol–water partition coefficient (Wildman–Crippen LogP) is 3.11. The molecule has 0 atom stereocenters. The van der Waals surface area contributed by atoms with Gasteiger partial charge in [0.1, 0.15) is 0 Å². The van der Waals surface area contributed by atoms with Crippen LogP contribution in [0.3, 0.4) is 0 Å². The van der Waals surface area contributed by atoms with Crippen LogP contribution in [0.5, 0.6) is 0 Å². The zero-order valence-corrected chi connectivity index (χ0v) is 15.6. The van der Waals surface area contributed by atoms with Gasteiger partial charge in [0.15, 0.2) is 5.65 Å². The number of hydrogen-bond donors (Lipinski definition) is 0. The molecule has 1 aromatic carbocycles. The first-order valence-electron chi connectivity index (χ1n) is 9.62. The molecule has 3 aromatic heterocycles. The summed E-state index contributed by atoms with van der Waals surface area (Å²) in [6.45, 7) is 5.02. The van der Waals surface area contributed by atoms with Gasteiger partial charge in [-0.1, -0.05) is 30.3 Å². The molecule has 0 amide bonds. The van der Waals surface area contributed by atoms with Crippen LogP contribution in [0, 0.1) is 0 Å². The highest BCUT2D eigenvalue weighted by atomic mass is 15.3. The second-order valence-electron chi connectivity index (χ2n) is 7.12. The zero-order chi connectivity index (χ0) is 18.8. The van der Waals surface area contributed by atoms with E-state index in [9.17, 15) is 0 Å². The lowest BCUT2D eigenvalue weighted by Crippen LogP contribution is -2.46. The minimum absolute atomic E-state index is 0.896. The van der Waals surface area contributed by atoms with Crippen molar-refractivity contribution in [3.05, 3.63) is 79.0 Å². The molecule has 0 saturated carbocycles. The normalized spacial score (nSPS) is 15.2. The van der Waals surface area contributed by atoms with E-state index in [0.29, 0.717) is 0 Å². The van der Waals surface area contributed by atoms with Crippen molar-refractivity contribution in [1.82, 2.24) is 24.5 Å². The highest BCUT2D eigenvalue weighted by Crippen LogP contribution is 2.23. The molecule has 4 heterocycles. The van der Waals surface area contributed by atoms with Crippen molar-refractivity contribution < 1.29 is 0 Å². The highest BCUT2D eigenvalue weighted by molar-refractivity contribution is 5.76. The van der Waals surface area contributed by atoms with E-state index in [4.69, 9.17) is 4.98 Å². The summed E-state index contributed by atoms with van der Waals surface area (Å²) in [5.74, 6) is 0. The van der Waals surface area contributed by atoms with Crippen molar-refractivity contribution >= 4 is 11.3 Å². The van der Waals surface area contributed by atoms with Crippen molar-refractivity contribution in [2.45, 2.75) is 6.54 Å². The molecule has 4 aromatic rings. The number of nitrogens with zero attached hydrogens (tertiary/aromatic N) is 6. The van der Waals surface area contributed by atoms with Crippen LogP contribution in [0.25, 0.3) is 16.8 Å². The number of aromatic nitrogens is 4. The van der Waals surface area contributed by atoms with Crippen molar-refractivity contribution in [2.24, 2.45) is 0 Å². The average Bonchev–Trinajstić information content (AvgIpc) is 3.19. The Kier molecular flexibility index (Phi) is 4.47. The van der Waals surface area contributed by atoms with Gasteiger partial charge in [-0.05, 0) is 17.7 Å². The van der Waals surface area contributed by atoms with E-state index in [-0.39, 0.29) is 0 Å². The van der Waals surface area contributed by atoms with Gasteiger partial charge in [-0.3, -0.25) is 9.88 Å². The molecule has 1 fully saturated rings. The van der Waals surface area contributed by atoms with E-state index in [1.165, 1.54) is 11.3 Å². The lowest BCUT2D eigenvalue weighted by molar-refractivity contribution is 0.249. The minimum Gasteiger partial charge on any atom is -0.369 e. The molecule has 6 heteroatoms. The number of rotatable bonds is 4. The number of hydrogen-bond acceptors (Lipinski definition) is 5. The highest BCUT2D eigenvalue weighted by Gasteiger charge is 2.18. The molecule has 6 nitrogen and oxygen atoms in total. The summed E-state index contributed by atoms with van der Waals surface area (Å²) in [6, 6.07) is 14.4. The summed E-state index contributed by atoms with van der Waals surface area (Å²) >= 11 is 0. The van der Waals surface area contributed by atoms with E-state index in [2.05, 4.69) is 50.3 Å². The van der Waals surface area contributed by atoms with Crippen molar-refractivity contribution in [3.8, 4) is 11.1 Å². The maximum Gasteiger partial charge on any atom is 0.162 e. The number of pyridine rings is 1. The van der Waals surface area contributed by atoms with Gasteiger partial charge in [-0.2, -0.15) is 5.10 Å². The van der Waals surface area contributed by atoms with Crippen molar-refractivity contribution in [3.63, 3.8) is 0 Å². The summed E-state index contributed by atoms with van der Waals surface area (Å²) in [5.41, 5.74) is 5.55. The molecule has 5 rings (SSSR count). The first-order chi connectivity index (χ1) is 13.9. The summed E-state index contributed by atoms with van der Waals surface area (Å²) in [4.78, 5) is 13.7. The van der Waals surface area contributed by atoms with Gasteiger partial charge >= 0.3 is 0 Å². The largest absolute Gasteiger partial charge is 0.369 e. The fraction of sp³-hybridized carbons (Fsp3) is 0.227. The molecule has 0 spiro atoms. The monoisotopic (exact) mass is 370 g/mol. The fourth-order valence-electron chi connectivity index (χ4n) is 3.79. The zero-order valence-electron chi connectivity index (χ0n) is 15.6. The number of benzene rings is 1. The first-order valence-corrected chi connectivity index (χ1v) is 9.62. The third kappa shape index (κ3) is 3.34. The summed E-state index contributed by atoms with van der Waals surface area (Å²) in [5, 5.41) is 4.52. The van der Waals surface area contributed by atoms with Gasteiger partial charge in [0.25, 0.3) is 0 Å². The Labute approximate surface area is 164 Å². The van der Waals surface area contributed by atoms with E-state index >= 15 is 0 Å². The maximum atomic E-state index is 4.70. The lowest BCUT2D eigenvalue weighted by atomic mass is 10.1. The quantitative estimate of drug-likeness (QED) is 0.552. The van der Waals surface area contributed by atoms with Crippen LogP contribution in [0.2, 0.25) is 0 Å². The van der Waals surface area contributed by atoms with Gasteiger partial charge in [0.2, 0.25) is 0 Å². The molecule has 28 heavy (non-hydrogen) atoms. The smallest absolute Gasteiger partial charge is 0.162 e. The third-order valence-electron chi connectivity index (χ3n) is 5.30. The first kappa shape index (κ1) is 16.9. The molecule has 0 unspecified atom stereocenters. The second-order valence-corrected chi connectivity index (χ2v) is 7.12. The van der Waals surface area contributed by atoms with Gasteiger partial charge in [0, 0.05) is 74.3 Å². The third-order valence-corrected chi connectivity index (χ3v) is 5.30. The van der Waals surface area contributed by atoms with Crippen LogP contribution in [-0.4, -0.2) is 50.7 Å². The van der Waals surface area contributed by atoms with E-state index in [1.807, 2.05) is 47.5 Å². The Morgan fingerprint density at radius 3 is 2.43 bits per heavy atom. The Hall–Kier alpha value is -3.25. The molecule has 1 saturated heterocycles. The van der Waals surface area contributed by atoms with Crippen LogP contribution < -0.4 is 4.90 Å². The van der Waals surface area contributed by atoms with Crippen LogP contribution in [0.15, 0.2) is 73.4 Å². The molecule has 0 N–H and O–H groups in total. The maximum absolute atomic E-state index is 4.70. The van der Waals surface area contributed by atoms with Crippen LogP contribution in [0.4, 0.5) is 5.69 Å². The fourth-order valence-corrected chi connectivity index (χ4v) is 3.79. The summed E-state index contributed by atoms with van der Waals surface area (Å²) in [6.07, 6.45) is 9.70. The number of anilines is 1. The Morgan fingerprint density at radius 2 is 1.64 bits per heavy atom. The standard InChI is InChI=1S/C22H22N6/c1-2-4-19(5-3-1)21-15-25-28-17-18(14-24-22(21)28)16-26-10-12-27(13-11-26)20-6-8-23-9-7-20/h1-9,14-15,17H,10-13,16H2. The molecule has 0 aliphatic carbocycles.